The van der Waals surface area contributed by atoms with Crippen molar-refractivity contribution in [3.63, 3.8) is 0 Å². The van der Waals surface area contributed by atoms with Crippen molar-refractivity contribution in [3.8, 4) is 0 Å². The number of aromatic carboxylic acids is 1. The van der Waals surface area contributed by atoms with E-state index in [9.17, 15) is 23.9 Å². The van der Waals surface area contributed by atoms with Gasteiger partial charge < -0.3 is 15.7 Å². The Labute approximate surface area is 205 Å². The van der Waals surface area contributed by atoms with E-state index >= 15 is 0 Å². The van der Waals surface area contributed by atoms with Crippen LogP contribution in [0.1, 0.15) is 66.1 Å². The van der Waals surface area contributed by atoms with Crippen molar-refractivity contribution >= 4 is 23.4 Å². The summed E-state index contributed by atoms with van der Waals surface area (Å²) in [7, 11) is 0. The van der Waals surface area contributed by atoms with Gasteiger partial charge in [0.25, 0.3) is 11.8 Å². The number of carbonyl (C=O) groups is 3. The van der Waals surface area contributed by atoms with Crippen LogP contribution in [0.15, 0.2) is 54.7 Å². The lowest BCUT2D eigenvalue weighted by atomic mass is 9.98. The fourth-order valence-corrected chi connectivity index (χ4v) is 4.56. The Morgan fingerprint density at radius 3 is 2.64 bits per heavy atom. The SMILES string of the molecule is Cc1c(C(=O)O)ccc2c1CC[C@H]2NC(=O)c1cc(C(=O)NCc2ccc(F)cc2)nc2ccnn12. The summed E-state index contributed by atoms with van der Waals surface area (Å²) in [4.78, 5) is 41.9. The molecule has 0 aliphatic heterocycles. The number of hydrogen-bond donors (Lipinski definition) is 3. The Kier molecular flexibility index (Phi) is 5.93. The summed E-state index contributed by atoms with van der Waals surface area (Å²) in [5.74, 6) is -2.27. The van der Waals surface area contributed by atoms with Gasteiger partial charge in [-0.15, -0.1) is 0 Å². The van der Waals surface area contributed by atoms with Crippen LogP contribution >= 0.6 is 0 Å². The molecule has 36 heavy (non-hydrogen) atoms. The predicted octanol–water partition coefficient (Wildman–Crippen LogP) is 3.22. The number of aromatic nitrogens is 3. The maximum absolute atomic E-state index is 13.3. The molecule has 5 rings (SSSR count). The molecule has 3 N–H and O–H groups in total. The molecule has 1 aliphatic rings. The molecule has 0 bridgehead atoms. The molecule has 2 amide bonds. The number of benzene rings is 2. The molecule has 4 aromatic rings. The maximum atomic E-state index is 13.3. The van der Waals surface area contributed by atoms with E-state index in [0.717, 1.165) is 16.7 Å². The highest BCUT2D eigenvalue weighted by atomic mass is 19.1. The van der Waals surface area contributed by atoms with E-state index in [-0.39, 0.29) is 35.4 Å². The second kappa shape index (κ2) is 9.21. The van der Waals surface area contributed by atoms with Gasteiger partial charge >= 0.3 is 5.97 Å². The van der Waals surface area contributed by atoms with Crippen LogP contribution in [0.4, 0.5) is 4.39 Å². The Hall–Kier alpha value is -4.60. The van der Waals surface area contributed by atoms with Gasteiger partial charge in [0.2, 0.25) is 0 Å². The van der Waals surface area contributed by atoms with Gasteiger partial charge in [-0.25, -0.2) is 18.7 Å². The van der Waals surface area contributed by atoms with E-state index in [1.54, 1.807) is 37.3 Å². The molecule has 2 aromatic heterocycles. The van der Waals surface area contributed by atoms with Gasteiger partial charge in [-0.3, -0.25) is 9.59 Å². The first-order valence-electron chi connectivity index (χ1n) is 11.4. The molecule has 2 aromatic carbocycles. The van der Waals surface area contributed by atoms with Crippen molar-refractivity contribution in [2.75, 3.05) is 0 Å². The van der Waals surface area contributed by atoms with Gasteiger partial charge in [0.15, 0.2) is 5.65 Å². The van der Waals surface area contributed by atoms with Crippen LogP contribution in [-0.4, -0.2) is 37.5 Å². The minimum Gasteiger partial charge on any atom is -0.478 e. The highest BCUT2D eigenvalue weighted by Gasteiger charge is 2.28. The van der Waals surface area contributed by atoms with E-state index < -0.39 is 17.8 Å². The zero-order valence-corrected chi connectivity index (χ0v) is 19.3. The molecule has 0 spiro atoms. The van der Waals surface area contributed by atoms with E-state index in [1.165, 1.54) is 28.9 Å². The summed E-state index contributed by atoms with van der Waals surface area (Å²) in [6.45, 7) is 1.95. The Balaban J connectivity index is 1.38. The van der Waals surface area contributed by atoms with Gasteiger partial charge in [-0.2, -0.15) is 5.10 Å². The Morgan fingerprint density at radius 1 is 1.11 bits per heavy atom. The normalized spacial score (nSPS) is 14.4. The van der Waals surface area contributed by atoms with E-state index in [2.05, 4.69) is 20.7 Å². The minimum atomic E-state index is -0.981. The summed E-state index contributed by atoms with van der Waals surface area (Å²) < 4.78 is 14.5. The summed E-state index contributed by atoms with van der Waals surface area (Å²) >= 11 is 0. The quantitative estimate of drug-likeness (QED) is 0.384. The third kappa shape index (κ3) is 4.28. The van der Waals surface area contributed by atoms with Crippen molar-refractivity contribution in [1.82, 2.24) is 25.2 Å². The van der Waals surface area contributed by atoms with E-state index in [1.807, 2.05) is 0 Å². The first kappa shape index (κ1) is 23.2. The summed E-state index contributed by atoms with van der Waals surface area (Å²) in [5, 5.41) is 19.3. The second-order valence-corrected chi connectivity index (χ2v) is 8.61. The number of fused-ring (bicyclic) bond motifs is 2. The van der Waals surface area contributed by atoms with Crippen LogP contribution in [0.25, 0.3) is 5.65 Å². The van der Waals surface area contributed by atoms with E-state index in [0.29, 0.717) is 24.1 Å². The monoisotopic (exact) mass is 487 g/mol. The molecule has 0 unspecified atom stereocenters. The molecule has 1 aliphatic carbocycles. The number of nitrogens with one attached hydrogen (secondary N) is 2. The lowest BCUT2D eigenvalue weighted by Crippen LogP contribution is -2.30. The largest absolute Gasteiger partial charge is 0.478 e. The number of nitrogens with zero attached hydrogens (tertiary/aromatic N) is 3. The molecule has 9 nitrogen and oxygen atoms in total. The molecule has 182 valence electrons. The van der Waals surface area contributed by atoms with Crippen molar-refractivity contribution in [2.45, 2.75) is 32.4 Å². The number of carbonyl (C=O) groups excluding carboxylic acids is 2. The zero-order chi connectivity index (χ0) is 25.4. The van der Waals surface area contributed by atoms with Crippen LogP contribution < -0.4 is 10.6 Å². The molecular weight excluding hydrogens is 465 g/mol. The summed E-state index contributed by atoms with van der Waals surface area (Å²) in [6.07, 6.45) is 2.77. The lowest BCUT2D eigenvalue weighted by Gasteiger charge is -2.16. The van der Waals surface area contributed by atoms with Crippen LogP contribution in [0.2, 0.25) is 0 Å². The summed E-state index contributed by atoms with van der Waals surface area (Å²) in [5.41, 5.74) is 4.01. The molecule has 0 saturated heterocycles. The van der Waals surface area contributed by atoms with Gasteiger partial charge in [-0.1, -0.05) is 18.2 Å². The second-order valence-electron chi connectivity index (χ2n) is 8.61. The minimum absolute atomic E-state index is 0.0454. The van der Waals surface area contributed by atoms with Crippen molar-refractivity contribution < 1.29 is 23.9 Å². The van der Waals surface area contributed by atoms with Gasteiger partial charge in [-0.05, 0) is 60.2 Å². The third-order valence-corrected chi connectivity index (χ3v) is 6.42. The van der Waals surface area contributed by atoms with Crippen molar-refractivity contribution in [2.24, 2.45) is 0 Å². The standard InChI is InChI=1S/C26H22FN5O4/c1-14-17-8-9-20(19(17)7-6-18(14)26(35)36)31-25(34)22-12-21(30-23-10-11-29-32(22)23)24(33)28-13-15-2-4-16(27)5-3-15/h2-7,10-12,20H,8-9,13H2,1H3,(H,28,33)(H,31,34)(H,35,36)/t20-/m1/s1. The van der Waals surface area contributed by atoms with Crippen LogP contribution in [0.5, 0.6) is 0 Å². The topological polar surface area (TPSA) is 126 Å². The maximum Gasteiger partial charge on any atom is 0.335 e. The van der Waals surface area contributed by atoms with Gasteiger partial charge in [0.05, 0.1) is 17.8 Å². The predicted molar refractivity (Wildman–Crippen MR) is 127 cm³/mol. The first-order chi connectivity index (χ1) is 17.3. The Bertz CT molecular complexity index is 1510. The molecular formula is C26H22FN5O4. The molecule has 2 heterocycles. The van der Waals surface area contributed by atoms with Crippen molar-refractivity contribution in [1.29, 1.82) is 0 Å². The Morgan fingerprint density at radius 2 is 1.89 bits per heavy atom. The van der Waals surface area contributed by atoms with Crippen LogP contribution in [0, 0.1) is 12.7 Å². The fourth-order valence-electron chi connectivity index (χ4n) is 4.56. The van der Waals surface area contributed by atoms with Gasteiger partial charge in [0.1, 0.15) is 17.2 Å². The molecule has 0 saturated carbocycles. The van der Waals surface area contributed by atoms with Gasteiger partial charge in [0, 0.05) is 18.7 Å². The third-order valence-electron chi connectivity index (χ3n) is 6.42. The highest BCUT2D eigenvalue weighted by molar-refractivity contribution is 5.98. The first-order valence-corrected chi connectivity index (χ1v) is 11.4. The average Bonchev–Trinajstić information content (AvgIpc) is 3.50. The molecule has 10 heteroatoms. The smallest absolute Gasteiger partial charge is 0.335 e. The molecule has 1 atom stereocenters. The molecule has 0 fully saturated rings. The number of carboxylic acids is 1. The zero-order valence-electron chi connectivity index (χ0n) is 19.3. The number of carboxylic acid groups (broad SMARTS) is 1. The van der Waals surface area contributed by atoms with Crippen LogP contribution in [0.3, 0.4) is 0 Å². The van der Waals surface area contributed by atoms with E-state index in [4.69, 9.17) is 0 Å². The number of halogens is 1. The van der Waals surface area contributed by atoms with Crippen LogP contribution in [-0.2, 0) is 13.0 Å². The number of rotatable bonds is 6. The average molecular weight is 487 g/mol. The number of hydrogen-bond acceptors (Lipinski definition) is 5. The lowest BCUT2D eigenvalue weighted by molar-refractivity contribution is 0.0695. The highest BCUT2D eigenvalue weighted by Crippen LogP contribution is 2.34. The van der Waals surface area contributed by atoms with Crippen molar-refractivity contribution in [3.05, 3.63) is 99.8 Å². The fraction of sp³-hybridized carbons (Fsp3) is 0.192. The number of amides is 2. The summed E-state index contributed by atoms with van der Waals surface area (Å²) in [6, 6.07) is 11.7. The molecule has 0 radical (unpaired) electrons.